The zero-order chi connectivity index (χ0) is 15.3. The van der Waals surface area contributed by atoms with Gasteiger partial charge in [-0.3, -0.25) is 4.79 Å². The number of rotatable bonds is 8. The maximum atomic E-state index is 12.6. The lowest BCUT2D eigenvalue weighted by molar-refractivity contribution is -0.124. The number of aliphatic hydroxyl groups is 1. The maximum absolute atomic E-state index is 12.6. The molecule has 1 aliphatic carbocycles. The van der Waals surface area contributed by atoms with Crippen LogP contribution in [0.25, 0.3) is 0 Å². The van der Waals surface area contributed by atoms with Crippen LogP contribution >= 0.6 is 0 Å². The Morgan fingerprint density at radius 2 is 2.00 bits per heavy atom. The van der Waals surface area contributed by atoms with Crippen molar-refractivity contribution < 1.29 is 9.90 Å². The van der Waals surface area contributed by atoms with E-state index in [9.17, 15) is 4.79 Å². The van der Waals surface area contributed by atoms with Crippen LogP contribution in [-0.4, -0.2) is 24.2 Å². The molecule has 0 bridgehead atoms. The van der Waals surface area contributed by atoms with Crippen LogP contribution in [0.5, 0.6) is 0 Å². The molecule has 1 aromatic carbocycles. The summed E-state index contributed by atoms with van der Waals surface area (Å²) in [6, 6.07) is 10.0. The van der Waals surface area contributed by atoms with Crippen molar-refractivity contribution in [3.8, 4) is 0 Å². The number of carbonyl (C=O) groups excluding carboxylic acids is 1. The van der Waals surface area contributed by atoms with Gasteiger partial charge >= 0.3 is 0 Å². The van der Waals surface area contributed by atoms with Crippen LogP contribution < -0.4 is 5.32 Å². The monoisotopic (exact) mass is 289 g/mol. The summed E-state index contributed by atoms with van der Waals surface area (Å²) in [5, 5.41) is 12.2. The first-order chi connectivity index (χ1) is 10.1. The van der Waals surface area contributed by atoms with Gasteiger partial charge in [-0.25, -0.2) is 0 Å². The molecule has 0 heterocycles. The van der Waals surface area contributed by atoms with Gasteiger partial charge in [-0.2, -0.15) is 0 Å². The third kappa shape index (κ3) is 4.07. The minimum atomic E-state index is -0.0823. The average molecular weight is 289 g/mol. The summed E-state index contributed by atoms with van der Waals surface area (Å²) in [6.07, 6.45) is 4.02. The van der Waals surface area contributed by atoms with Gasteiger partial charge < -0.3 is 10.4 Å². The standard InChI is InChI=1S/C18H27NO2/c1-3-14(2)16(15-7-5-4-6-8-15)17(21)19-13-18(9-10-18)11-12-20/h4-8,14,16,20H,3,9-13H2,1-2H3,(H,19,21). The molecule has 0 saturated heterocycles. The van der Waals surface area contributed by atoms with Gasteiger partial charge in [-0.05, 0) is 36.2 Å². The van der Waals surface area contributed by atoms with Crippen LogP contribution in [0.2, 0.25) is 0 Å². The molecule has 1 aliphatic rings. The predicted molar refractivity (Wildman–Crippen MR) is 85.0 cm³/mol. The van der Waals surface area contributed by atoms with Crippen LogP contribution in [0.1, 0.15) is 51.0 Å². The Bertz CT molecular complexity index is 454. The van der Waals surface area contributed by atoms with Crippen molar-refractivity contribution in [2.45, 2.75) is 45.4 Å². The zero-order valence-electron chi connectivity index (χ0n) is 13.1. The van der Waals surface area contributed by atoms with E-state index in [-0.39, 0.29) is 23.8 Å². The van der Waals surface area contributed by atoms with Gasteiger partial charge in [0.15, 0.2) is 0 Å². The van der Waals surface area contributed by atoms with E-state index in [1.54, 1.807) is 0 Å². The molecule has 1 fully saturated rings. The van der Waals surface area contributed by atoms with Crippen LogP contribution in [0.15, 0.2) is 30.3 Å². The fourth-order valence-corrected chi connectivity index (χ4v) is 2.95. The molecule has 0 aromatic heterocycles. The molecule has 3 nitrogen and oxygen atoms in total. The molecule has 2 rings (SSSR count). The number of hydrogen-bond donors (Lipinski definition) is 2. The third-order valence-corrected chi connectivity index (χ3v) is 4.89. The van der Waals surface area contributed by atoms with Crippen molar-refractivity contribution in [1.82, 2.24) is 5.32 Å². The molecule has 0 aliphatic heterocycles. The molecule has 1 amide bonds. The Morgan fingerprint density at radius 1 is 1.33 bits per heavy atom. The molecule has 21 heavy (non-hydrogen) atoms. The lowest BCUT2D eigenvalue weighted by atomic mass is 9.84. The van der Waals surface area contributed by atoms with Crippen molar-refractivity contribution in [1.29, 1.82) is 0 Å². The Balaban J connectivity index is 2.02. The first-order valence-corrected chi connectivity index (χ1v) is 8.05. The van der Waals surface area contributed by atoms with E-state index in [4.69, 9.17) is 5.11 Å². The average Bonchev–Trinajstić information content (AvgIpc) is 3.27. The lowest BCUT2D eigenvalue weighted by Crippen LogP contribution is -2.36. The minimum Gasteiger partial charge on any atom is -0.396 e. The van der Waals surface area contributed by atoms with Crippen LogP contribution in [-0.2, 0) is 4.79 Å². The highest BCUT2D eigenvalue weighted by Gasteiger charge is 2.42. The van der Waals surface area contributed by atoms with Crippen molar-refractivity contribution >= 4 is 5.91 Å². The van der Waals surface area contributed by atoms with Gasteiger partial charge in [-0.1, -0.05) is 50.6 Å². The number of aliphatic hydroxyl groups excluding tert-OH is 1. The van der Waals surface area contributed by atoms with Crippen LogP contribution in [0.4, 0.5) is 0 Å². The maximum Gasteiger partial charge on any atom is 0.227 e. The molecule has 2 N–H and O–H groups in total. The van der Waals surface area contributed by atoms with E-state index in [1.165, 1.54) is 0 Å². The van der Waals surface area contributed by atoms with E-state index < -0.39 is 0 Å². The molecule has 2 unspecified atom stereocenters. The summed E-state index contributed by atoms with van der Waals surface area (Å²) >= 11 is 0. The van der Waals surface area contributed by atoms with Gasteiger partial charge in [0.2, 0.25) is 5.91 Å². The van der Waals surface area contributed by atoms with E-state index in [0.717, 1.165) is 31.2 Å². The predicted octanol–water partition coefficient (Wildman–Crippen LogP) is 3.10. The second-order valence-corrected chi connectivity index (χ2v) is 6.47. The van der Waals surface area contributed by atoms with E-state index in [2.05, 4.69) is 19.2 Å². The highest BCUT2D eigenvalue weighted by molar-refractivity contribution is 5.84. The quantitative estimate of drug-likeness (QED) is 0.772. The summed E-state index contributed by atoms with van der Waals surface area (Å²) in [5.74, 6) is 0.362. The number of benzene rings is 1. The lowest BCUT2D eigenvalue weighted by Gasteiger charge is -2.24. The summed E-state index contributed by atoms with van der Waals surface area (Å²) in [5.41, 5.74) is 1.26. The second kappa shape index (κ2) is 7.08. The summed E-state index contributed by atoms with van der Waals surface area (Å²) in [4.78, 5) is 12.6. The normalized spacial score (nSPS) is 18.8. The van der Waals surface area contributed by atoms with Crippen LogP contribution in [0.3, 0.4) is 0 Å². The largest absolute Gasteiger partial charge is 0.396 e. The molecule has 0 spiro atoms. The summed E-state index contributed by atoms with van der Waals surface area (Å²) in [7, 11) is 0. The van der Waals surface area contributed by atoms with E-state index in [1.807, 2.05) is 30.3 Å². The summed E-state index contributed by atoms with van der Waals surface area (Å²) < 4.78 is 0. The number of hydrogen-bond acceptors (Lipinski definition) is 2. The summed E-state index contributed by atoms with van der Waals surface area (Å²) in [6.45, 7) is 5.18. The number of amides is 1. The number of nitrogens with one attached hydrogen (secondary N) is 1. The topological polar surface area (TPSA) is 49.3 Å². The van der Waals surface area contributed by atoms with Crippen molar-refractivity contribution in [2.75, 3.05) is 13.2 Å². The third-order valence-electron chi connectivity index (χ3n) is 4.89. The minimum absolute atomic E-state index is 0.0823. The SMILES string of the molecule is CCC(C)C(C(=O)NCC1(CCO)CC1)c1ccccc1. The van der Waals surface area contributed by atoms with E-state index >= 15 is 0 Å². The van der Waals surface area contributed by atoms with Gasteiger partial charge in [0.25, 0.3) is 0 Å². The van der Waals surface area contributed by atoms with Gasteiger partial charge in [0.05, 0.1) is 5.92 Å². The highest BCUT2D eigenvalue weighted by Crippen LogP contribution is 2.48. The van der Waals surface area contributed by atoms with Crippen molar-refractivity contribution in [3.63, 3.8) is 0 Å². The first-order valence-electron chi connectivity index (χ1n) is 8.05. The van der Waals surface area contributed by atoms with Crippen molar-refractivity contribution in [2.24, 2.45) is 11.3 Å². The Morgan fingerprint density at radius 3 is 2.52 bits per heavy atom. The Kier molecular flexibility index (Phi) is 5.40. The fourth-order valence-electron chi connectivity index (χ4n) is 2.95. The smallest absolute Gasteiger partial charge is 0.227 e. The molecular weight excluding hydrogens is 262 g/mol. The first kappa shape index (κ1) is 16.0. The molecule has 1 aromatic rings. The van der Waals surface area contributed by atoms with Gasteiger partial charge in [0.1, 0.15) is 0 Å². The molecule has 3 heteroatoms. The zero-order valence-corrected chi connectivity index (χ0v) is 13.1. The Hall–Kier alpha value is -1.35. The van der Waals surface area contributed by atoms with Crippen molar-refractivity contribution in [3.05, 3.63) is 35.9 Å². The number of carbonyl (C=O) groups is 1. The second-order valence-electron chi connectivity index (χ2n) is 6.47. The highest BCUT2D eigenvalue weighted by atomic mass is 16.3. The Labute approximate surface area is 127 Å². The van der Waals surface area contributed by atoms with Crippen LogP contribution in [0, 0.1) is 11.3 Å². The molecular formula is C18H27NO2. The van der Waals surface area contributed by atoms with E-state index in [0.29, 0.717) is 12.5 Å². The molecule has 2 atom stereocenters. The van der Waals surface area contributed by atoms with Gasteiger partial charge in [0, 0.05) is 13.2 Å². The molecule has 1 saturated carbocycles. The molecule has 116 valence electrons. The molecule has 0 radical (unpaired) electrons. The van der Waals surface area contributed by atoms with Gasteiger partial charge in [-0.15, -0.1) is 0 Å². The fraction of sp³-hybridized carbons (Fsp3) is 0.611.